The molecule has 0 saturated heterocycles. The highest BCUT2D eigenvalue weighted by atomic mass is 35.5. The second kappa shape index (κ2) is 11.8. The number of ether oxygens (including phenoxy) is 2. The summed E-state index contributed by atoms with van der Waals surface area (Å²) in [5.74, 6) is -0.231. The van der Waals surface area contributed by atoms with Gasteiger partial charge in [-0.1, -0.05) is 25.1 Å². The van der Waals surface area contributed by atoms with Crippen molar-refractivity contribution in [3.05, 3.63) is 30.3 Å². The number of esters is 2. The molecule has 128 valence electrons. The van der Waals surface area contributed by atoms with E-state index in [9.17, 15) is 9.59 Å². The summed E-state index contributed by atoms with van der Waals surface area (Å²) in [5, 5.41) is 0. The minimum atomic E-state index is -0.303. The lowest BCUT2D eigenvalue weighted by Gasteiger charge is -2.24. The molecule has 0 aliphatic heterocycles. The third kappa shape index (κ3) is 8.45. The van der Waals surface area contributed by atoms with Gasteiger partial charge in [0.25, 0.3) is 0 Å². The molecule has 0 saturated carbocycles. The summed E-state index contributed by atoms with van der Waals surface area (Å²) in [7, 11) is 0. The number of halogens is 1. The molecule has 0 radical (unpaired) electrons. The fraction of sp³-hybridized carbons (Fsp3) is 0.529. The maximum Gasteiger partial charge on any atom is 0.307 e. The maximum atomic E-state index is 11.4. The van der Waals surface area contributed by atoms with Crippen LogP contribution in [0.1, 0.15) is 26.2 Å². The third-order valence-corrected chi connectivity index (χ3v) is 3.31. The summed E-state index contributed by atoms with van der Waals surface area (Å²) in [5.41, 5.74) is 0.993. The van der Waals surface area contributed by atoms with E-state index in [4.69, 9.17) is 21.1 Å². The Kier molecular flexibility index (Phi) is 9.87. The summed E-state index contributed by atoms with van der Waals surface area (Å²) in [6.45, 7) is 3.60. The zero-order valence-electron chi connectivity index (χ0n) is 13.5. The van der Waals surface area contributed by atoms with Crippen molar-refractivity contribution in [3.8, 4) is 0 Å². The van der Waals surface area contributed by atoms with Crippen LogP contribution in [-0.4, -0.2) is 44.1 Å². The molecule has 0 unspecified atom stereocenters. The van der Waals surface area contributed by atoms with Crippen molar-refractivity contribution in [2.75, 3.05) is 37.1 Å². The quantitative estimate of drug-likeness (QED) is 0.457. The van der Waals surface area contributed by atoms with Crippen LogP contribution in [0.2, 0.25) is 0 Å². The minimum Gasteiger partial charge on any atom is -0.464 e. The summed E-state index contributed by atoms with van der Waals surface area (Å²) in [6.07, 6.45) is 1.42. The van der Waals surface area contributed by atoms with E-state index >= 15 is 0 Å². The van der Waals surface area contributed by atoms with Crippen LogP contribution < -0.4 is 4.90 Å². The average molecular weight is 342 g/mol. The van der Waals surface area contributed by atoms with Gasteiger partial charge < -0.3 is 14.4 Å². The molecular formula is C17H24ClNO4. The number of benzene rings is 1. The molecule has 23 heavy (non-hydrogen) atoms. The van der Waals surface area contributed by atoms with Gasteiger partial charge in [-0.15, -0.1) is 11.6 Å². The van der Waals surface area contributed by atoms with E-state index in [1.54, 1.807) is 0 Å². The standard InChI is InChI=1S/C17H24ClNO4/c1-2-6-16(20)22-13-11-19(15-7-4-3-5-8-15)12-14-23-17(21)9-10-18/h3-5,7-8H,2,6,9-14H2,1H3. The Labute approximate surface area is 142 Å². The summed E-state index contributed by atoms with van der Waals surface area (Å²) < 4.78 is 10.3. The first-order valence-corrected chi connectivity index (χ1v) is 8.38. The Bertz CT molecular complexity index is 443. The molecule has 1 aromatic rings. The second-order valence-corrected chi connectivity index (χ2v) is 5.33. The predicted octanol–water partition coefficient (Wildman–Crippen LogP) is 3.01. The molecule has 0 aliphatic rings. The molecule has 0 aromatic heterocycles. The van der Waals surface area contributed by atoms with Crippen molar-refractivity contribution >= 4 is 29.2 Å². The number of carbonyl (C=O) groups excluding carboxylic acids is 2. The largest absolute Gasteiger partial charge is 0.464 e. The number of para-hydroxylation sites is 1. The molecule has 0 amide bonds. The first-order valence-electron chi connectivity index (χ1n) is 7.84. The Morgan fingerprint density at radius 1 is 1.00 bits per heavy atom. The molecule has 0 N–H and O–H groups in total. The lowest BCUT2D eigenvalue weighted by molar-refractivity contribution is -0.143. The fourth-order valence-corrected chi connectivity index (χ4v) is 2.13. The highest BCUT2D eigenvalue weighted by Gasteiger charge is 2.09. The lowest BCUT2D eigenvalue weighted by atomic mass is 10.3. The monoisotopic (exact) mass is 341 g/mol. The number of hydrogen-bond donors (Lipinski definition) is 0. The Morgan fingerprint density at radius 2 is 1.57 bits per heavy atom. The van der Waals surface area contributed by atoms with Gasteiger partial charge in [-0.2, -0.15) is 0 Å². The summed E-state index contributed by atoms with van der Waals surface area (Å²) in [4.78, 5) is 24.8. The molecular weight excluding hydrogens is 318 g/mol. The van der Waals surface area contributed by atoms with E-state index in [1.165, 1.54) is 0 Å². The second-order valence-electron chi connectivity index (χ2n) is 4.95. The number of alkyl halides is 1. The normalized spacial score (nSPS) is 10.2. The van der Waals surface area contributed by atoms with Crippen LogP contribution in [0.25, 0.3) is 0 Å². The summed E-state index contributed by atoms with van der Waals surface area (Å²) >= 11 is 5.50. The van der Waals surface area contributed by atoms with Crippen LogP contribution in [0, 0.1) is 0 Å². The van der Waals surface area contributed by atoms with Gasteiger partial charge in [0.05, 0.1) is 19.5 Å². The van der Waals surface area contributed by atoms with E-state index in [0.29, 0.717) is 26.1 Å². The van der Waals surface area contributed by atoms with E-state index in [0.717, 1.165) is 12.1 Å². The molecule has 5 nitrogen and oxygen atoms in total. The SMILES string of the molecule is CCCC(=O)OCCN(CCOC(=O)CCCl)c1ccccc1. The molecule has 1 rings (SSSR count). The Morgan fingerprint density at radius 3 is 2.09 bits per heavy atom. The molecule has 0 bridgehead atoms. The Hall–Kier alpha value is -1.75. The van der Waals surface area contributed by atoms with E-state index < -0.39 is 0 Å². The number of nitrogens with zero attached hydrogens (tertiary/aromatic N) is 1. The van der Waals surface area contributed by atoms with Crippen LogP contribution in [0.15, 0.2) is 30.3 Å². The van der Waals surface area contributed by atoms with Gasteiger partial charge in [-0.3, -0.25) is 9.59 Å². The average Bonchev–Trinajstić information content (AvgIpc) is 2.55. The zero-order valence-corrected chi connectivity index (χ0v) is 14.3. The molecule has 1 aromatic carbocycles. The van der Waals surface area contributed by atoms with Crippen molar-refractivity contribution in [1.82, 2.24) is 0 Å². The van der Waals surface area contributed by atoms with Crippen LogP contribution in [0.4, 0.5) is 5.69 Å². The van der Waals surface area contributed by atoms with Crippen LogP contribution >= 0.6 is 11.6 Å². The summed E-state index contributed by atoms with van der Waals surface area (Å²) in [6, 6.07) is 9.74. The molecule has 0 aliphatic carbocycles. The highest BCUT2D eigenvalue weighted by Crippen LogP contribution is 2.12. The molecule has 0 heterocycles. The van der Waals surface area contributed by atoms with E-state index in [2.05, 4.69) is 0 Å². The molecule has 0 spiro atoms. The van der Waals surface area contributed by atoms with Crippen molar-refractivity contribution in [3.63, 3.8) is 0 Å². The van der Waals surface area contributed by atoms with Crippen molar-refractivity contribution in [1.29, 1.82) is 0 Å². The number of anilines is 1. The van der Waals surface area contributed by atoms with Crippen LogP contribution in [0.3, 0.4) is 0 Å². The van der Waals surface area contributed by atoms with E-state index in [1.807, 2.05) is 42.2 Å². The third-order valence-electron chi connectivity index (χ3n) is 3.12. The van der Waals surface area contributed by atoms with Gasteiger partial charge in [0, 0.05) is 18.0 Å². The smallest absolute Gasteiger partial charge is 0.307 e. The number of hydrogen-bond acceptors (Lipinski definition) is 5. The van der Waals surface area contributed by atoms with Crippen LogP contribution in [0.5, 0.6) is 0 Å². The van der Waals surface area contributed by atoms with Crippen molar-refractivity contribution < 1.29 is 19.1 Å². The van der Waals surface area contributed by atoms with Gasteiger partial charge in [-0.25, -0.2) is 0 Å². The topological polar surface area (TPSA) is 55.8 Å². The maximum absolute atomic E-state index is 11.4. The zero-order chi connectivity index (χ0) is 16.9. The fourth-order valence-electron chi connectivity index (χ4n) is 1.97. The van der Waals surface area contributed by atoms with Gasteiger partial charge in [0.1, 0.15) is 13.2 Å². The van der Waals surface area contributed by atoms with Gasteiger partial charge in [0.2, 0.25) is 0 Å². The molecule has 0 atom stereocenters. The number of carbonyl (C=O) groups is 2. The van der Waals surface area contributed by atoms with Crippen molar-refractivity contribution in [2.45, 2.75) is 26.2 Å². The Balaban J connectivity index is 2.47. The van der Waals surface area contributed by atoms with E-state index in [-0.39, 0.29) is 30.8 Å². The van der Waals surface area contributed by atoms with Gasteiger partial charge in [0.15, 0.2) is 0 Å². The first-order chi connectivity index (χ1) is 11.2. The first kappa shape index (κ1) is 19.3. The van der Waals surface area contributed by atoms with Crippen molar-refractivity contribution in [2.24, 2.45) is 0 Å². The molecule has 0 fully saturated rings. The van der Waals surface area contributed by atoms with Gasteiger partial charge >= 0.3 is 11.9 Å². The lowest BCUT2D eigenvalue weighted by Crippen LogP contribution is -2.32. The number of rotatable bonds is 11. The predicted molar refractivity (Wildman–Crippen MR) is 90.8 cm³/mol. The van der Waals surface area contributed by atoms with Gasteiger partial charge in [-0.05, 0) is 18.6 Å². The highest BCUT2D eigenvalue weighted by molar-refractivity contribution is 6.18. The molecule has 6 heteroatoms. The van der Waals surface area contributed by atoms with Crippen LogP contribution in [-0.2, 0) is 19.1 Å². The minimum absolute atomic E-state index is 0.186.